The molecule has 0 fully saturated rings. The standard InChI is InChI=1S/C13H15N5O2/c1-8(2)16-13(20)11-10(7-15-18-11)17-12(19)9-5-3-4-6-14-9/h3-8H,1-2H3,(H,15,18)(H,16,20)(H,17,19). The van der Waals surface area contributed by atoms with Crippen molar-refractivity contribution in [2.45, 2.75) is 19.9 Å². The number of carbonyl (C=O) groups excluding carboxylic acids is 2. The Morgan fingerprint density at radius 3 is 2.70 bits per heavy atom. The highest BCUT2D eigenvalue weighted by Gasteiger charge is 2.18. The van der Waals surface area contributed by atoms with Crippen LogP contribution in [0.3, 0.4) is 0 Å². The summed E-state index contributed by atoms with van der Waals surface area (Å²) in [4.78, 5) is 27.8. The van der Waals surface area contributed by atoms with Gasteiger partial charge in [0.15, 0.2) is 5.69 Å². The monoisotopic (exact) mass is 273 g/mol. The molecule has 2 aromatic rings. The Morgan fingerprint density at radius 1 is 1.25 bits per heavy atom. The van der Waals surface area contributed by atoms with Gasteiger partial charge < -0.3 is 10.6 Å². The molecule has 0 atom stereocenters. The van der Waals surface area contributed by atoms with Gasteiger partial charge >= 0.3 is 0 Å². The normalized spacial score (nSPS) is 10.3. The van der Waals surface area contributed by atoms with Crippen LogP contribution in [0.4, 0.5) is 5.69 Å². The number of nitrogens with one attached hydrogen (secondary N) is 3. The quantitative estimate of drug-likeness (QED) is 0.779. The second-order valence-corrected chi connectivity index (χ2v) is 4.44. The van der Waals surface area contributed by atoms with Gasteiger partial charge in [-0.25, -0.2) is 0 Å². The summed E-state index contributed by atoms with van der Waals surface area (Å²) in [6, 6.07) is 5.00. The molecule has 2 amide bonds. The van der Waals surface area contributed by atoms with Gasteiger partial charge in [-0.05, 0) is 26.0 Å². The Labute approximate surface area is 115 Å². The van der Waals surface area contributed by atoms with E-state index in [1.807, 2.05) is 13.8 Å². The molecule has 104 valence electrons. The van der Waals surface area contributed by atoms with Gasteiger partial charge in [0.05, 0.1) is 5.69 Å². The van der Waals surface area contributed by atoms with E-state index in [0.717, 1.165) is 0 Å². The third kappa shape index (κ3) is 3.19. The first-order valence-electron chi connectivity index (χ1n) is 6.15. The maximum atomic E-state index is 12.0. The summed E-state index contributed by atoms with van der Waals surface area (Å²) in [5, 5.41) is 11.7. The number of hydrogen-bond donors (Lipinski definition) is 3. The maximum Gasteiger partial charge on any atom is 0.274 e. The number of aromatic amines is 1. The fourth-order valence-corrected chi connectivity index (χ4v) is 1.57. The van der Waals surface area contributed by atoms with Crippen molar-refractivity contribution in [2.24, 2.45) is 0 Å². The summed E-state index contributed by atoms with van der Waals surface area (Å²) in [5.41, 5.74) is 0.728. The van der Waals surface area contributed by atoms with Crippen LogP contribution >= 0.6 is 0 Å². The predicted molar refractivity (Wildman–Crippen MR) is 73.4 cm³/mol. The van der Waals surface area contributed by atoms with Crippen LogP contribution in [0.15, 0.2) is 30.6 Å². The van der Waals surface area contributed by atoms with E-state index in [9.17, 15) is 9.59 Å². The molecule has 0 aromatic carbocycles. The van der Waals surface area contributed by atoms with Gasteiger partial charge in [-0.15, -0.1) is 0 Å². The third-order valence-corrected chi connectivity index (χ3v) is 2.42. The lowest BCUT2D eigenvalue weighted by Gasteiger charge is -2.08. The number of hydrogen-bond acceptors (Lipinski definition) is 4. The number of aromatic nitrogens is 3. The summed E-state index contributed by atoms with van der Waals surface area (Å²) in [6.45, 7) is 3.69. The highest BCUT2D eigenvalue weighted by atomic mass is 16.2. The van der Waals surface area contributed by atoms with Crippen molar-refractivity contribution in [2.75, 3.05) is 5.32 Å². The molecule has 7 heteroatoms. The Morgan fingerprint density at radius 2 is 2.05 bits per heavy atom. The molecule has 2 rings (SSSR count). The molecule has 3 N–H and O–H groups in total. The fourth-order valence-electron chi connectivity index (χ4n) is 1.57. The highest BCUT2D eigenvalue weighted by molar-refractivity contribution is 6.07. The first-order valence-corrected chi connectivity index (χ1v) is 6.15. The highest BCUT2D eigenvalue weighted by Crippen LogP contribution is 2.12. The number of nitrogens with zero attached hydrogens (tertiary/aromatic N) is 2. The van der Waals surface area contributed by atoms with Crippen LogP contribution in [0.1, 0.15) is 34.8 Å². The lowest BCUT2D eigenvalue weighted by molar-refractivity contribution is 0.0939. The molecule has 0 unspecified atom stereocenters. The van der Waals surface area contributed by atoms with Crippen molar-refractivity contribution in [1.82, 2.24) is 20.5 Å². The number of amides is 2. The minimum absolute atomic E-state index is 0.0152. The molecule has 0 aliphatic carbocycles. The Balaban J connectivity index is 2.13. The van der Waals surface area contributed by atoms with Crippen LogP contribution in [0.25, 0.3) is 0 Å². The van der Waals surface area contributed by atoms with Crippen LogP contribution in [-0.2, 0) is 0 Å². The molecule has 2 aromatic heterocycles. The van der Waals surface area contributed by atoms with Crippen molar-refractivity contribution in [1.29, 1.82) is 0 Å². The second kappa shape index (κ2) is 5.96. The van der Waals surface area contributed by atoms with Crippen LogP contribution < -0.4 is 10.6 Å². The Hall–Kier alpha value is -2.70. The van der Waals surface area contributed by atoms with E-state index >= 15 is 0 Å². The molecule has 0 bridgehead atoms. The minimum Gasteiger partial charge on any atom is -0.348 e. The molecular formula is C13H15N5O2. The van der Waals surface area contributed by atoms with E-state index in [4.69, 9.17) is 0 Å². The Bertz CT molecular complexity index is 606. The van der Waals surface area contributed by atoms with Gasteiger partial charge in [-0.2, -0.15) is 5.10 Å². The molecule has 0 saturated heterocycles. The number of carbonyl (C=O) groups is 2. The van der Waals surface area contributed by atoms with Crippen molar-refractivity contribution < 1.29 is 9.59 Å². The smallest absolute Gasteiger partial charge is 0.274 e. The molecule has 0 saturated carbocycles. The lowest BCUT2D eigenvalue weighted by atomic mass is 10.3. The van der Waals surface area contributed by atoms with E-state index in [1.54, 1.807) is 18.2 Å². The topological polar surface area (TPSA) is 99.8 Å². The summed E-state index contributed by atoms with van der Waals surface area (Å²) < 4.78 is 0. The van der Waals surface area contributed by atoms with Crippen molar-refractivity contribution in [3.05, 3.63) is 42.0 Å². The molecule has 0 spiro atoms. The van der Waals surface area contributed by atoms with Crippen LogP contribution in [0, 0.1) is 0 Å². The molecule has 0 aliphatic heterocycles. The van der Waals surface area contributed by atoms with Gasteiger partial charge in [-0.1, -0.05) is 6.07 Å². The summed E-state index contributed by atoms with van der Waals surface area (Å²) in [7, 11) is 0. The van der Waals surface area contributed by atoms with Crippen molar-refractivity contribution in [3.8, 4) is 0 Å². The minimum atomic E-state index is -0.398. The van der Waals surface area contributed by atoms with Gasteiger partial charge in [0.25, 0.3) is 11.8 Å². The predicted octanol–water partition coefficient (Wildman–Crippen LogP) is 1.20. The largest absolute Gasteiger partial charge is 0.348 e. The van der Waals surface area contributed by atoms with Crippen molar-refractivity contribution in [3.63, 3.8) is 0 Å². The number of H-pyrrole nitrogens is 1. The lowest BCUT2D eigenvalue weighted by Crippen LogP contribution is -2.31. The van der Waals surface area contributed by atoms with Crippen LogP contribution in [0.2, 0.25) is 0 Å². The van der Waals surface area contributed by atoms with E-state index in [2.05, 4.69) is 25.8 Å². The number of anilines is 1. The summed E-state index contributed by atoms with van der Waals surface area (Å²) in [5.74, 6) is -0.747. The van der Waals surface area contributed by atoms with E-state index in [-0.39, 0.29) is 23.3 Å². The SMILES string of the molecule is CC(C)NC(=O)c1n[nH]cc1NC(=O)c1ccccn1. The summed E-state index contributed by atoms with van der Waals surface area (Å²) >= 11 is 0. The van der Waals surface area contributed by atoms with Crippen LogP contribution in [0.5, 0.6) is 0 Å². The van der Waals surface area contributed by atoms with E-state index in [1.165, 1.54) is 12.4 Å². The van der Waals surface area contributed by atoms with Crippen molar-refractivity contribution >= 4 is 17.5 Å². The second-order valence-electron chi connectivity index (χ2n) is 4.44. The van der Waals surface area contributed by atoms with Gasteiger partial charge in [-0.3, -0.25) is 19.7 Å². The molecule has 0 radical (unpaired) electrons. The zero-order valence-corrected chi connectivity index (χ0v) is 11.2. The van der Waals surface area contributed by atoms with Crippen LogP contribution in [-0.4, -0.2) is 33.0 Å². The van der Waals surface area contributed by atoms with Gasteiger partial charge in [0.1, 0.15) is 5.69 Å². The first-order chi connectivity index (χ1) is 9.58. The van der Waals surface area contributed by atoms with Gasteiger partial charge in [0.2, 0.25) is 0 Å². The number of rotatable bonds is 4. The summed E-state index contributed by atoms with van der Waals surface area (Å²) in [6.07, 6.45) is 2.98. The zero-order chi connectivity index (χ0) is 14.5. The Kier molecular flexibility index (Phi) is 4.09. The zero-order valence-electron chi connectivity index (χ0n) is 11.2. The average molecular weight is 273 g/mol. The molecule has 0 aliphatic rings. The van der Waals surface area contributed by atoms with E-state index < -0.39 is 5.91 Å². The maximum absolute atomic E-state index is 12.0. The molecular weight excluding hydrogens is 258 g/mol. The molecule has 20 heavy (non-hydrogen) atoms. The first kappa shape index (κ1) is 13.7. The third-order valence-electron chi connectivity index (χ3n) is 2.42. The van der Waals surface area contributed by atoms with Gasteiger partial charge in [0, 0.05) is 18.4 Å². The molecule has 2 heterocycles. The van der Waals surface area contributed by atoms with E-state index in [0.29, 0.717) is 5.69 Å². The molecule has 7 nitrogen and oxygen atoms in total. The fraction of sp³-hybridized carbons (Fsp3) is 0.231. The average Bonchev–Trinajstić information content (AvgIpc) is 2.87. The number of pyridine rings is 1.